The molecule has 0 aromatic heterocycles. The summed E-state index contributed by atoms with van der Waals surface area (Å²) < 4.78 is 5.53. The van der Waals surface area contributed by atoms with Gasteiger partial charge in [0.25, 0.3) is 0 Å². The highest BCUT2D eigenvalue weighted by molar-refractivity contribution is 5.45. The summed E-state index contributed by atoms with van der Waals surface area (Å²) in [6, 6.07) is 5.80. The van der Waals surface area contributed by atoms with Crippen LogP contribution in [0.2, 0.25) is 0 Å². The van der Waals surface area contributed by atoms with E-state index in [4.69, 9.17) is 9.84 Å². The molecule has 0 bridgehead atoms. The minimum absolute atomic E-state index is 0.399. The number of aliphatic hydroxyl groups excluding tert-OH is 1. The fourth-order valence-electron chi connectivity index (χ4n) is 1.44. The molecule has 14 heavy (non-hydrogen) atoms. The van der Waals surface area contributed by atoms with Crippen LogP contribution in [0.1, 0.15) is 37.8 Å². The van der Waals surface area contributed by atoms with Gasteiger partial charge in [0.05, 0.1) is 6.61 Å². The van der Waals surface area contributed by atoms with Crippen LogP contribution in [-0.2, 0) is 0 Å². The van der Waals surface area contributed by atoms with E-state index in [9.17, 15) is 0 Å². The van der Waals surface area contributed by atoms with Crippen molar-refractivity contribution < 1.29 is 9.84 Å². The molecule has 0 spiro atoms. The average Bonchev–Trinajstić information content (AvgIpc) is 2.18. The maximum absolute atomic E-state index is 9.05. The third-order valence-corrected chi connectivity index (χ3v) is 2.13. The zero-order valence-electron chi connectivity index (χ0n) is 8.95. The molecule has 1 aromatic rings. The number of para-hydroxylation sites is 1. The van der Waals surface area contributed by atoms with Gasteiger partial charge in [0.1, 0.15) is 12.4 Å². The standard InChI is InChI=1S/C12H17O2/c1-4-14-12-10(8-13)6-5-7-11(12)9(2)3/h5-9,13H,4H2,1-3H3. The first kappa shape index (κ1) is 11.1. The first-order chi connectivity index (χ1) is 6.70. The summed E-state index contributed by atoms with van der Waals surface area (Å²) in [5.74, 6) is 1.20. The van der Waals surface area contributed by atoms with Crippen molar-refractivity contribution in [2.24, 2.45) is 0 Å². The smallest absolute Gasteiger partial charge is 0.128 e. The molecule has 0 unspecified atom stereocenters. The van der Waals surface area contributed by atoms with Crippen LogP contribution < -0.4 is 4.74 Å². The van der Waals surface area contributed by atoms with E-state index in [1.807, 2.05) is 25.1 Å². The molecule has 1 rings (SSSR count). The molecule has 0 amide bonds. The van der Waals surface area contributed by atoms with Crippen LogP contribution in [-0.4, -0.2) is 11.7 Å². The summed E-state index contributed by atoms with van der Waals surface area (Å²) in [7, 11) is 0. The lowest BCUT2D eigenvalue weighted by atomic mass is 9.99. The van der Waals surface area contributed by atoms with Crippen molar-refractivity contribution in [1.82, 2.24) is 0 Å². The molecule has 77 valence electrons. The molecule has 0 aliphatic rings. The van der Waals surface area contributed by atoms with Crippen LogP contribution in [0.5, 0.6) is 5.75 Å². The van der Waals surface area contributed by atoms with Gasteiger partial charge in [-0.2, -0.15) is 0 Å². The van der Waals surface area contributed by atoms with Crippen molar-refractivity contribution >= 4 is 0 Å². The average molecular weight is 193 g/mol. The zero-order chi connectivity index (χ0) is 10.6. The molecule has 1 radical (unpaired) electrons. The normalized spacial score (nSPS) is 10.6. The summed E-state index contributed by atoms with van der Waals surface area (Å²) >= 11 is 0. The quantitative estimate of drug-likeness (QED) is 0.796. The van der Waals surface area contributed by atoms with E-state index in [0.717, 1.165) is 23.5 Å². The molecule has 2 heteroatoms. The van der Waals surface area contributed by atoms with Gasteiger partial charge in [0.2, 0.25) is 0 Å². The van der Waals surface area contributed by atoms with Gasteiger partial charge in [-0.25, -0.2) is 0 Å². The largest absolute Gasteiger partial charge is 0.493 e. The van der Waals surface area contributed by atoms with Gasteiger partial charge in [0, 0.05) is 5.56 Å². The number of ether oxygens (including phenoxy) is 1. The summed E-state index contributed by atoms with van der Waals surface area (Å²) in [6.07, 6.45) is 0. The second-order valence-electron chi connectivity index (χ2n) is 3.48. The first-order valence-electron chi connectivity index (χ1n) is 4.93. The Balaban J connectivity index is 3.13. The molecule has 0 saturated carbocycles. The van der Waals surface area contributed by atoms with Gasteiger partial charge < -0.3 is 9.84 Å². The van der Waals surface area contributed by atoms with Gasteiger partial charge in [0.15, 0.2) is 0 Å². The van der Waals surface area contributed by atoms with Gasteiger partial charge in [-0.15, -0.1) is 0 Å². The molecule has 0 saturated heterocycles. The number of benzene rings is 1. The van der Waals surface area contributed by atoms with Crippen molar-refractivity contribution in [3.8, 4) is 5.75 Å². The maximum atomic E-state index is 9.05. The van der Waals surface area contributed by atoms with Crippen LogP contribution in [0, 0.1) is 6.61 Å². The Hall–Kier alpha value is -1.02. The number of hydrogen-bond donors (Lipinski definition) is 1. The topological polar surface area (TPSA) is 29.5 Å². The molecule has 0 heterocycles. The minimum atomic E-state index is 0.399. The summed E-state index contributed by atoms with van der Waals surface area (Å²) in [5.41, 5.74) is 1.88. The third-order valence-electron chi connectivity index (χ3n) is 2.13. The number of aliphatic hydroxyl groups is 1. The Labute approximate surface area is 85.5 Å². The molecule has 0 aliphatic heterocycles. The highest BCUT2D eigenvalue weighted by Crippen LogP contribution is 2.30. The lowest BCUT2D eigenvalue weighted by molar-refractivity contribution is 0.325. The summed E-state index contributed by atoms with van der Waals surface area (Å²) in [6.45, 7) is 7.87. The SMILES string of the molecule is CCOc1c([CH]O)cccc1C(C)C. The fraction of sp³-hybridized carbons (Fsp3) is 0.417. The molecular formula is C12H17O2. The summed E-state index contributed by atoms with van der Waals surface area (Å²) in [5, 5.41) is 9.05. The van der Waals surface area contributed by atoms with Gasteiger partial charge in [-0.1, -0.05) is 32.0 Å². The Morgan fingerprint density at radius 1 is 1.43 bits per heavy atom. The highest BCUT2D eigenvalue weighted by Gasteiger charge is 2.11. The first-order valence-corrected chi connectivity index (χ1v) is 4.93. The molecule has 1 N–H and O–H groups in total. The van der Waals surface area contributed by atoms with Crippen LogP contribution in [0.3, 0.4) is 0 Å². The van der Waals surface area contributed by atoms with Gasteiger partial charge in [-0.05, 0) is 18.4 Å². The molecule has 2 nitrogen and oxygen atoms in total. The van der Waals surface area contributed by atoms with Crippen LogP contribution in [0.15, 0.2) is 18.2 Å². The van der Waals surface area contributed by atoms with E-state index in [2.05, 4.69) is 13.8 Å². The van der Waals surface area contributed by atoms with Gasteiger partial charge in [-0.3, -0.25) is 0 Å². The molecule has 0 aliphatic carbocycles. The predicted octanol–water partition coefficient (Wildman–Crippen LogP) is 3.09. The van der Waals surface area contributed by atoms with Crippen molar-refractivity contribution in [1.29, 1.82) is 0 Å². The Morgan fingerprint density at radius 3 is 2.64 bits per heavy atom. The van der Waals surface area contributed by atoms with Gasteiger partial charge >= 0.3 is 0 Å². The number of rotatable bonds is 4. The Morgan fingerprint density at radius 2 is 2.14 bits per heavy atom. The van der Waals surface area contributed by atoms with Crippen LogP contribution in [0.25, 0.3) is 0 Å². The lowest BCUT2D eigenvalue weighted by Crippen LogP contribution is -2.01. The highest BCUT2D eigenvalue weighted by atomic mass is 16.5. The van der Waals surface area contributed by atoms with E-state index in [-0.39, 0.29) is 0 Å². The Kier molecular flexibility index (Phi) is 3.96. The van der Waals surface area contributed by atoms with E-state index in [0.29, 0.717) is 12.5 Å². The third kappa shape index (κ3) is 2.26. The lowest BCUT2D eigenvalue weighted by Gasteiger charge is -2.15. The maximum Gasteiger partial charge on any atom is 0.128 e. The minimum Gasteiger partial charge on any atom is -0.493 e. The predicted molar refractivity (Wildman–Crippen MR) is 57.0 cm³/mol. The van der Waals surface area contributed by atoms with Crippen LogP contribution >= 0.6 is 0 Å². The monoisotopic (exact) mass is 193 g/mol. The Bertz CT molecular complexity index is 292. The van der Waals surface area contributed by atoms with E-state index in [1.54, 1.807) is 0 Å². The molecule has 0 fully saturated rings. The second kappa shape index (κ2) is 5.01. The zero-order valence-corrected chi connectivity index (χ0v) is 8.95. The van der Waals surface area contributed by atoms with E-state index < -0.39 is 0 Å². The number of hydrogen-bond acceptors (Lipinski definition) is 2. The van der Waals surface area contributed by atoms with Crippen molar-refractivity contribution in [3.05, 3.63) is 35.9 Å². The fourth-order valence-corrected chi connectivity index (χ4v) is 1.44. The summed E-state index contributed by atoms with van der Waals surface area (Å²) in [4.78, 5) is 0. The molecule has 0 atom stereocenters. The van der Waals surface area contributed by atoms with Crippen molar-refractivity contribution in [2.45, 2.75) is 26.7 Å². The van der Waals surface area contributed by atoms with E-state index >= 15 is 0 Å². The second-order valence-corrected chi connectivity index (χ2v) is 3.48. The molecular weight excluding hydrogens is 176 g/mol. The molecule has 1 aromatic carbocycles. The van der Waals surface area contributed by atoms with Crippen molar-refractivity contribution in [2.75, 3.05) is 6.61 Å². The van der Waals surface area contributed by atoms with E-state index in [1.165, 1.54) is 0 Å². The van der Waals surface area contributed by atoms with Crippen LogP contribution in [0.4, 0.5) is 0 Å². The van der Waals surface area contributed by atoms with Crippen molar-refractivity contribution in [3.63, 3.8) is 0 Å².